The fourth-order valence-electron chi connectivity index (χ4n) is 2.52. The van der Waals surface area contributed by atoms with Crippen LogP contribution in [0, 0.1) is 0 Å². The van der Waals surface area contributed by atoms with Crippen LogP contribution in [0.15, 0.2) is 28.7 Å². The number of aliphatic hydroxyl groups is 1. The van der Waals surface area contributed by atoms with Crippen LogP contribution in [0.4, 0.5) is 0 Å². The lowest BCUT2D eigenvalue weighted by atomic mass is 9.76. The molecule has 1 aliphatic carbocycles. The molecule has 0 radical (unpaired) electrons. The maximum atomic E-state index is 10.1. The first kappa shape index (κ1) is 15.4. The van der Waals surface area contributed by atoms with Crippen molar-refractivity contribution in [3.63, 3.8) is 0 Å². The molecule has 1 atom stereocenters. The third-order valence-corrected chi connectivity index (χ3v) is 5.15. The van der Waals surface area contributed by atoms with Crippen LogP contribution in [-0.2, 0) is 0 Å². The molecule has 4 heteroatoms. The van der Waals surface area contributed by atoms with Crippen LogP contribution in [0.5, 0.6) is 0 Å². The van der Waals surface area contributed by atoms with Crippen LogP contribution in [0.3, 0.4) is 0 Å². The minimum Gasteiger partial charge on any atom is -0.388 e. The molecule has 0 amide bonds. The topological polar surface area (TPSA) is 32.3 Å². The van der Waals surface area contributed by atoms with Crippen molar-refractivity contribution < 1.29 is 5.11 Å². The van der Waals surface area contributed by atoms with Crippen molar-refractivity contribution in [2.45, 2.75) is 37.3 Å². The molecule has 1 unspecified atom stereocenters. The molecular formula is C15H22BrNOS. The maximum absolute atomic E-state index is 10.1. The summed E-state index contributed by atoms with van der Waals surface area (Å²) in [6.07, 6.45) is 4.38. The molecule has 1 aliphatic rings. The summed E-state index contributed by atoms with van der Waals surface area (Å²) in [6, 6.07) is 9.18. The van der Waals surface area contributed by atoms with E-state index in [1.807, 2.05) is 13.2 Å². The Hall–Kier alpha value is -0.0300. The van der Waals surface area contributed by atoms with Crippen molar-refractivity contribution >= 4 is 27.7 Å². The van der Waals surface area contributed by atoms with Gasteiger partial charge in [0, 0.05) is 22.8 Å². The molecule has 0 spiro atoms. The van der Waals surface area contributed by atoms with Crippen molar-refractivity contribution in [2.75, 3.05) is 18.6 Å². The zero-order valence-electron chi connectivity index (χ0n) is 11.5. The van der Waals surface area contributed by atoms with Gasteiger partial charge in [-0.1, -0.05) is 28.1 Å². The first-order valence-electron chi connectivity index (χ1n) is 6.70. The summed E-state index contributed by atoms with van der Waals surface area (Å²) in [6.45, 7) is 2.59. The van der Waals surface area contributed by atoms with E-state index in [1.54, 1.807) is 11.8 Å². The van der Waals surface area contributed by atoms with Gasteiger partial charge in [0.1, 0.15) is 0 Å². The summed E-state index contributed by atoms with van der Waals surface area (Å²) in [4.78, 5) is 0. The van der Waals surface area contributed by atoms with Gasteiger partial charge < -0.3 is 10.4 Å². The molecule has 1 saturated carbocycles. The zero-order valence-corrected chi connectivity index (χ0v) is 13.9. The number of halogens is 1. The molecule has 2 rings (SSSR count). The van der Waals surface area contributed by atoms with E-state index in [9.17, 15) is 5.11 Å². The van der Waals surface area contributed by atoms with E-state index in [2.05, 4.69) is 45.5 Å². The van der Waals surface area contributed by atoms with Gasteiger partial charge in [0.25, 0.3) is 0 Å². The van der Waals surface area contributed by atoms with Gasteiger partial charge in [0.2, 0.25) is 0 Å². The lowest BCUT2D eigenvalue weighted by Crippen LogP contribution is -2.48. The number of benzene rings is 1. The van der Waals surface area contributed by atoms with E-state index in [0.29, 0.717) is 18.5 Å². The minimum atomic E-state index is -0.595. The second-order valence-electron chi connectivity index (χ2n) is 5.73. The van der Waals surface area contributed by atoms with Crippen molar-refractivity contribution in [2.24, 2.45) is 0 Å². The number of hydrogen-bond acceptors (Lipinski definition) is 3. The average Bonchev–Trinajstić information content (AvgIpc) is 2.29. The third-order valence-electron chi connectivity index (χ3n) is 3.71. The summed E-state index contributed by atoms with van der Waals surface area (Å²) < 4.78 is 1.14. The van der Waals surface area contributed by atoms with Gasteiger partial charge in [-0.05, 0) is 49.6 Å². The molecule has 0 heterocycles. The summed E-state index contributed by atoms with van der Waals surface area (Å²) in [5, 5.41) is 13.6. The predicted molar refractivity (Wildman–Crippen MR) is 86.9 cm³/mol. The molecular weight excluding hydrogens is 322 g/mol. The van der Waals surface area contributed by atoms with Gasteiger partial charge in [0.15, 0.2) is 0 Å². The van der Waals surface area contributed by atoms with Crippen molar-refractivity contribution in [1.82, 2.24) is 5.32 Å². The molecule has 2 nitrogen and oxygen atoms in total. The largest absolute Gasteiger partial charge is 0.388 e. The van der Waals surface area contributed by atoms with Crippen LogP contribution in [0.1, 0.15) is 31.2 Å². The highest BCUT2D eigenvalue weighted by atomic mass is 79.9. The number of nitrogens with one attached hydrogen (secondary N) is 1. The van der Waals surface area contributed by atoms with Crippen LogP contribution in [0.2, 0.25) is 0 Å². The average molecular weight is 344 g/mol. The first-order chi connectivity index (χ1) is 9.00. The number of thioether (sulfide) groups is 1. The van der Waals surface area contributed by atoms with Gasteiger partial charge >= 0.3 is 0 Å². The number of hydrogen-bond donors (Lipinski definition) is 2. The molecule has 2 N–H and O–H groups in total. The Morgan fingerprint density at radius 1 is 1.37 bits per heavy atom. The van der Waals surface area contributed by atoms with E-state index in [0.717, 1.165) is 10.2 Å². The van der Waals surface area contributed by atoms with Crippen LogP contribution in [-0.4, -0.2) is 35.3 Å². The lowest BCUT2D eigenvalue weighted by molar-refractivity contribution is 0.0756. The molecule has 19 heavy (non-hydrogen) atoms. The van der Waals surface area contributed by atoms with Gasteiger partial charge in [-0.3, -0.25) is 0 Å². The Morgan fingerprint density at radius 2 is 2.00 bits per heavy atom. The van der Waals surface area contributed by atoms with E-state index in [1.165, 1.54) is 18.4 Å². The van der Waals surface area contributed by atoms with Gasteiger partial charge in [-0.15, -0.1) is 0 Å². The Morgan fingerprint density at radius 3 is 2.58 bits per heavy atom. The standard InChI is InChI=1S/C15H22BrNOS/c1-15(18,10-19-2)9-17-14-7-12(8-14)11-3-5-13(16)6-4-11/h3-6,12,14,17-18H,7-10H2,1-2H3. The zero-order chi connectivity index (χ0) is 13.9. The van der Waals surface area contributed by atoms with E-state index < -0.39 is 5.60 Å². The highest BCUT2D eigenvalue weighted by Crippen LogP contribution is 2.37. The normalized spacial score (nSPS) is 25.7. The quantitative estimate of drug-likeness (QED) is 0.830. The molecule has 1 aromatic rings. The fraction of sp³-hybridized carbons (Fsp3) is 0.600. The van der Waals surface area contributed by atoms with Crippen molar-refractivity contribution in [1.29, 1.82) is 0 Å². The monoisotopic (exact) mass is 343 g/mol. The summed E-state index contributed by atoms with van der Waals surface area (Å²) in [5.41, 5.74) is 0.833. The van der Waals surface area contributed by atoms with Gasteiger partial charge in [-0.25, -0.2) is 0 Å². The number of rotatable bonds is 6. The van der Waals surface area contributed by atoms with E-state index in [-0.39, 0.29) is 0 Å². The lowest BCUT2D eigenvalue weighted by Gasteiger charge is -2.38. The summed E-state index contributed by atoms with van der Waals surface area (Å²) >= 11 is 5.16. The molecule has 1 fully saturated rings. The molecule has 0 saturated heterocycles. The van der Waals surface area contributed by atoms with Crippen LogP contribution >= 0.6 is 27.7 Å². The fourth-order valence-corrected chi connectivity index (χ4v) is 3.51. The predicted octanol–water partition coefficient (Wildman–Crippen LogP) is 3.40. The second kappa shape index (κ2) is 6.61. The minimum absolute atomic E-state index is 0.557. The Bertz CT molecular complexity index is 401. The molecule has 0 aromatic heterocycles. The van der Waals surface area contributed by atoms with E-state index >= 15 is 0 Å². The van der Waals surface area contributed by atoms with Crippen LogP contribution < -0.4 is 5.32 Å². The summed E-state index contributed by atoms with van der Waals surface area (Å²) in [5.74, 6) is 1.46. The SMILES string of the molecule is CSCC(C)(O)CNC1CC(c2ccc(Br)cc2)C1. The molecule has 0 bridgehead atoms. The van der Waals surface area contributed by atoms with Crippen molar-refractivity contribution in [3.8, 4) is 0 Å². The molecule has 0 aliphatic heterocycles. The summed E-state index contributed by atoms with van der Waals surface area (Å²) in [7, 11) is 0. The molecule has 1 aromatic carbocycles. The van der Waals surface area contributed by atoms with E-state index in [4.69, 9.17) is 0 Å². The first-order valence-corrected chi connectivity index (χ1v) is 8.89. The third kappa shape index (κ3) is 4.48. The Kier molecular flexibility index (Phi) is 5.35. The highest BCUT2D eigenvalue weighted by Gasteiger charge is 2.31. The van der Waals surface area contributed by atoms with Gasteiger partial charge in [0.05, 0.1) is 5.60 Å². The Labute approximate surface area is 128 Å². The second-order valence-corrected chi connectivity index (χ2v) is 7.51. The Balaban J connectivity index is 1.73. The van der Waals surface area contributed by atoms with Crippen LogP contribution in [0.25, 0.3) is 0 Å². The molecule has 106 valence electrons. The van der Waals surface area contributed by atoms with Crippen molar-refractivity contribution in [3.05, 3.63) is 34.3 Å². The van der Waals surface area contributed by atoms with Gasteiger partial charge in [-0.2, -0.15) is 11.8 Å². The highest BCUT2D eigenvalue weighted by molar-refractivity contribution is 9.10. The maximum Gasteiger partial charge on any atom is 0.0833 e. The smallest absolute Gasteiger partial charge is 0.0833 e.